The Morgan fingerprint density at radius 2 is 1.56 bits per heavy atom. The van der Waals surface area contributed by atoms with Gasteiger partial charge in [0.05, 0.1) is 22.5 Å². The Morgan fingerprint density at radius 1 is 0.889 bits per heavy atom. The summed E-state index contributed by atoms with van der Waals surface area (Å²) in [5.41, 5.74) is 1.79. The molecular weight excluding hydrogens is 879 g/mol. The predicted molar refractivity (Wildman–Crippen MR) is 235 cm³/mol. The summed E-state index contributed by atoms with van der Waals surface area (Å²) in [7, 11) is -13.1. The molecular formula is C43H54N3O14S3+. The van der Waals surface area contributed by atoms with E-state index in [4.69, 9.17) is 9.25 Å². The lowest BCUT2D eigenvalue weighted by Gasteiger charge is -2.30. The first-order valence-electron chi connectivity index (χ1n) is 20.4. The van der Waals surface area contributed by atoms with E-state index in [9.17, 15) is 53.3 Å². The van der Waals surface area contributed by atoms with Crippen LogP contribution in [-0.2, 0) is 60.4 Å². The molecule has 3 N–H and O–H groups in total. The van der Waals surface area contributed by atoms with Gasteiger partial charge in [-0.2, -0.15) is 25.3 Å². The van der Waals surface area contributed by atoms with Crippen LogP contribution in [0.25, 0.3) is 17.4 Å². The van der Waals surface area contributed by atoms with Gasteiger partial charge in [0.1, 0.15) is 24.6 Å². The van der Waals surface area contributed by atoms with Crippen molar-refractivity contribution in [2.24, 2.45) is 0 Å². The van der Waals surface area contributed by atoms with Gasteiger partial charge in [0.15, 0.2) is 0 Å². The molecule has 0 spiro atoms. The van der Waals surface area contributed by atoms with Gasteiger partial charge in [-0.3, -0.25) is 23.2 Å². The second-order valence-corrected chi connectivity index (χ2v) is 21.3. The van der Waals surface area contributed by atoms with Crippen LogP contribution >= 0.6 is 0 Å². The Bertz CT molecular complexity index is 2710. The third-order valence-corrected chi connectivity index (χ3v) is 13.4. The highest BCUT2D eigenvalue weighted by Gasteiger charge is 2.44. The smallest absolute Gasteiger partial charge is 0.333 e. The lowest BCUT2D eigenvalue weighted by Crippen LogP contribution is -2.32. The number of anilines is 1. The number of imide groups is 1. The number of allylic oxidation sites excluding steroid dienone is 5. The Hall–Kier alpha value is -4.99. The highest BCUT2D eigenvalue weighted by molar-refractivity contribution is 7.86. The normalized spacial score (nSPS) is 18.7. The number of rotatable bonds is 18. The van der Waals surface area contributed by atoms with Gasteiger partial charge in [-0.15, -0.1) is 5.06 Å². The van der Waals surface area contributed by atoms with Crippen LogP contribution < -0.4 is 14.8 Å². The molecule has 3 heterocycles. The fourth-order valence-corrected chi connectivity index (χ4v) is 9.17. The molecule has 20 heteroatoms. The Kier molecular flexibility index (Phi) is 15.1. The zero-order valence-corrected chi connectivity index (χ0v) is 38.3. The second-order valence-electron chi connectivity index (χ2n) is 16.7. The number of fused-ring (bicyclic) bond motifs is 2. The van der Waals surface area contributed by atoms with Gasteiger partial charge >= 0.3 is 5.97 Å². The standard InChI is InChI=1S/C43H53N3O14S3/c1-6-44(23-11-25-61(50,51)52)31-16-18-33-30(27-38(42(2,3)4)59-36(33)28-31)13-8-7-9-14-37-43(5,22-10-15-41(49)60-46-39(47)20-21-40(46)48)34-29-32(63(56,57)58)17-19-35(34)45(37)24-12-26-62(53,54)55/h7-9,13-14,16-19,27-29H,6,10-12,15,20-26H2,1-5H3,(H2-,50,51,52,53,54,55,56,57,58)/p+1. The number of hydrogen-bond acceptors (Lipinski definition) is 12. The summed E-state index contributed by atoms with van der Waals surface area (Å²) in [6.45, 7) is 10.9. The molecule has 4 aliphatic rings. The fraction of sp³-hybridized carbons (Fsp3) is 0.442. The van der Waals surface area contributed by atoms with Gasteiger partial charge in [0.25, 0.3) is 42.2 Å². The van der Waals surface area contributed by atoms with Crippen LogP contribution in [0.3, 0.4) is 0 Å². The van der Waals surface area contributed by atoms with Crippen molar-refractivity contribution >= 4 is 59.9 Å². The van der Waals surface area contributed by atoms with Crippen LogP contribution in [0, 0.1) is 0 Å². The van der Waals surface area contributed by atoms with E-state index in [1.165, 1.54) is 18.2 Å². The molecule has 342 valence electrons. The van der Waals surface area contributed by atoms with Crippen molar-refractivity contribution < 1.29 is 62.5 Å². The summed E-state index contributed by atoms with van der Waals surface area (Å²) >= 11 is 0. The van der Waals surface area contributed by atoms with Crippen LogP contribution in [0.4, 0.5) is 5.69 Å². The monoisotopic (exact) mass is 932 g/mol. The molecule has 0 radical (unpaired) electrons. The molecule has 1 aromatic carbocycles. The predicted octanol–water partition coefficient (Wildman–Crippen LogP) is 5.29. The molecule has 17 nitrogen and oxygen atoms in total. The average molecular weight is 933 g/mol. The summed E-state index contributed by atoms with van der Waals surface area (Å²) in [5.74, 6) is -1.67. The summed E-state index contributed by atoms with van der Waals surface area (Å²) in [6, 6.07) is 11.7. The van der Waals surface area contributed by atoms with E-state index in [1.54, 1.807) is 23.1 Å². The molecule has 1 saturated heterocycles. The SMILES string of the molecule is CC[N+](CCCS(=O)(=O)O)=c1ccc2c(/C=C/C=C/C=C3\N(CCCS(=O)(=O)O)c4ccc(S(=O)(=O)O)cc4C3(C)CCCC(=O)ON3C(=O)CCC3=O)cc(C(C)(C)C)oc-2c1. The molecule has 0 aromatic heterocycles. The third kappa shape index (κ3) is 12.6. The van der Waals surface area contributed by atoms with Crippen LogP contribution in [0.2, 0.25) is 0 Å². The molecule has 5 rings (SSSR count). The van der Waals surface area contributed by atoms with Gasteiger partial charge in [0, 0.05) is 66.1 Å². The molecule has 1 fully saturated rings. The number of hydroxylamine groups is 2. The topological polar surface area (TPSA) is 246 Å². The number of hydrogen-bond donors (Lipinski definition) is 3. The van der Waals surface area contributed by atoms with E-state index < -0.39 is 59.3 Å². The lowest BCUT2D eigenvalue weighted by atomic mass is 9.77. The average Bonchev–Trinajstić information content (AvgIpc) is 3.61. The van der Waals surface area contributed by atoms with E-state index >= 15 is 0 Å². The van der Waals surface area contributed by atoms with Crippen molar-refractivity contribution in [1.82, 2.24) is 9.64 Å². The Morgan fingerprint density at radius 3 is 2.17 bits per heavy atom. The molecule has 1 atom stereocenters. The summed E-state index contributed by atoms with van der Waals surface area (Å²) in [4.78, 5) is 43.3. The van der Waals surface area contributed by atoms with Gasteiger partial charge in [-0.25, -0.2) is 9.37 Å². The quantitative estimate of drug-likeness (QED) is 0.0635. The van der Waals surface area contributed by atoms with Crippen molar-refractivity contribution in [1.29, 1.82) is 0 Å². The molecule has 3 aliphatic heterocycles. The van der Waals surface area contributed by atoms with Crippen LogP contribution in [0.1, 0.15) is 96.5 Å². The number of amides is 2. The number of benzene rings is 2. The molecule has 1 unspecified atom stereocenters. The lowest BCUT2D eigenvalue weighted by molar-refractivity contribution is -0.197. The Balaban J connectivity index is 1.52. The van der Waals surface area contributed by atoms with Crippen molar-refractivity contribution in [3.05, 3.63) is 94.7 Å². The minimum absolute atomic E-state index is 0.00980. The highest BCUT2D eigenvalue weighted by Crippen LogP contribution is 2.51. The van der Waals surface area contributed by atoms with Crippen LogP contribution in [0.15, 0.2) is 81.8 Å². The maximum absolute atomic E-state index is 12.8. The highest BCUT2D eigenvalue weighted by atomic mass is 32.2. The molecule has 2 amide bonds. The zero-order valence-electron chi connectivity index (χ0n) is 35.8. The van der Waals surface area contributed by atoms with Crippen molar-refractivity contribution in [3.63, 3.8) is 0 Å². The molecule has 1 aliphatic carbocycles. The summed E-state index contributed by atoms with van der Waals surface area (Å²) < 4.78 is 108. The van der Waals surface area contributed by atoms with Gasteiger partial charge in [-0.1, -0.05) is 45.1 Å². The van der Waals surface area contributed by atoms with Gasteiger partial charge < -0.3 is 14.2 Å². The largest absolute Gasteiger partial charge is 0.460 e. The van der Waals surface area contributed by atoms with E-state index in [2.05, 4.69) is 0 Å². The molecule has 0 bridgehead atoms. The third-order valence-electron chi connectivity index (χ3n) is 10.9. The van der Waals surface area contributed by atoms with E-state index in [-0.39, 0.29) is 67.6 Å². The summed E-state index contributed by atoms with van der Waals surface area (Å²) in [6.07, 6.45) is 9.23. The number of carbonyl (C=O) groups is 3. The van der Waals surface area contributed by atoms with Gasteiger partial charge in [0.2, 0.25) is 5.36 Å². The molecule has 1 aromatic rings. The second kappa shape index (κ2) is 19.4. The first-order chi connectivity index (χ1) is 29.3. The number of nitrogens with zero attached hydrogens (tertiary/aromatic N) is 3. The fourth-order valence-electron chi connectivity index (χ4n) is 7.68. The maximum Gasteiger partial charge on any atom is 0.333 e. The van der Waals surface area contributed by atoms with Crippen molar-refractivity contribution in [3.8, 4) is 11.3 Å². The molecule has 0 saturated carbocycles. The first-order valence-corrected chi connectivity index (χ1v) is 25.0. The number of carbonyl (C=O) groups excluding carboxylic acids is 3. The van der Waals surface area contributed by atoms with Crippen molar-refractivity contribution in [2.75, 3.05) is 36.0 Å². The van der Waals surface area contributed by atoms with E-state index in [1.807, 2.05) is 75.6 Å². The van der Waals surface area contributed by atoms with Crippen molar-refractivity contribution in [2.45, 2.75) is 95.3 Å². The molecule has 63 heavy (non-hydrogen) atoms. The van der Waals surface area contributed by atoms with E-state index in [0.29, 0.717) is 46.6 Å². The minimum Gasteiger partial charge on any atom is -0.460 e. The van der Waals surface area contributed by atoms with Crippen LogP contribution in [-0.4, -0.2) is 92.9 Å². The maximum atomic E-state index is 12.8. The van der Waals surface area contributed by atoms with Crippen LogP contribution in [0.5, 0.6) is 0 Å². The van der Waals surface area contributed by atoms with E-state index in [0.717, 1.165) is 16.5 Å². The summed E-state index contributed by atoms with van der Waals surface area (Å²) in [5, 5.41) is 1.28. The van der Waals surface area contributed by atoms with Gasteiger partial charge in [-0.05, 0) is 80.6 Å². The first kappa shape index (κ1) is 49.0. The minimum atomic E-state index is -4.65. The zero-order chi connectivity index (χ0) is 46.5. The Labute approximate surface area is 368 Å².